The van der Waals surface area contributed by atoms with E-state index in [0.29, 0.717) is 6.92 Å². The van der Waals surface area contributed by atoms with Crippen LogP contribution in [0.2, 0.25) is 0 Å². The maximum atomic E-state index is 11.6. The second-order valence-electron chi connectivity index (χ2n) is 2.21. The predicted molar refractivity (Wildman–Crippen MR) is 27.3 cm³/mol. The lowest BCUT2D eigenvalue weighted by Gasteiger charge is -2.24. The zero-order valence-electron chi connectivity index (χ0n) is 5.37. The molecule has 0 saturated carbocycles. The Morgan fingerprint density at radius 3 is 1.80 bits per heavy atom. The molecule has 0 amide bonds. The fourth-order valence-electron chi connectivity index (χ4n) is 0.326. The lowest BCUT2D eigenvalue weighted by Crippen LogP contribution is -2.42. The normalized spacial score (nSPS) is 18.6. The van der Waals surface area contributed by atoms with Crippen LogP contribution in [0, 0.1) is 0 Å². The molecule has 5 heteroatoms. The molecule has 0 aromatic rings. The van der Waals surface area contributed by atoms with Crippen molar-refractivity contribution in [1.82, 2.24) is 0 Å². The highest BCUT2D eigenvalue weighted by molar-refractivity contribution is 4.80. The summed E-state index contributed by atoms with van der Waals surface area (Å²) in [4.78, 5) is 0. The third-order valence-corrected chi connectivity index (χ3v) is 1.19. The summed E-state index contributed by atoms with van der Waals surface area (Å²) < 4.78 is 46.2. The molecule has 0 radical (unpaired) electrons. The van der Waals surface area contributed by atoms with Crippen molar-refractivity contribution in [3.63, 3.8) is 0 Å². The summed E-state index contributed by atoms with van der Waals surface area (Å²) in [7, 11) is 0. The van der Waals surface area contributed by atoms with E-state index in [1.54, 1.807) is 0 Å². The number of aliphatic hydroxyl groups is 1. The molecule has 0 aromatic carbocycles. The Bertz CT molecular complexity index is 107. The van der Waals surface area contributed by atoms with Crippen LogP contribution in [0.15, 0.2) is 0 Å². The van der Waals surface area contributed by atoms with E-state index < -0.39 is 24.9 Å². The smallest absolute Gasteiger partial charge is 0.381 e. The molecule has 0 heterocycles. The first kappa shape index (κ1) is 9.68. The molecule has 62 valence electrons. The van der Waals surface area contributed by atoms with Gasteiger partial charge in [-0.2, -0.15) is 13.2 Å². The van der Waals surface area contributed by atoms with Crippen LogP contribution in [0.3, 0.4) is 0 Å². The average Bonchev–Trinajstić information content (AvgIpc) is 1.61. The summed E-state index contributed by atoms with van der Waals surface area (Å²) in [6, 6.07) is 0. The summed E-state index contributed by atoms with van der Waals surface area (Å²) >= 11 is 0. The van der Waals surface area contributed by atoms with E-state index in [4.69, 9.17) is 5.11 Å². The van der Waals surface area contributed by atoms with Crippen LogP contribution in [0.1, 0.15) is 13.3 Å². The van der Waals surface area contributed by atoms with Crippen molar-refractivity contribution < 1.29 is 22.7 Å². The SMILES string of the molecule is CC(O)(CCF)C(F)(F)F. The minimum atomic E-state index is -4.74. The van der Waals surface area contributed by atoms with Gasteiger partial charge >= 0.3 is 6.18 Å². The monoisotopic (exact) mass is 160 g/mol. The van der Waals surface area contributed by atoms with Crippen LogP contribution in [0.4, 0.5) is 17.6 Å². The van der Waals surface area contributed by atoms with Gasteiger partial charge in [-0.3, -0.25) is 4.39 Å². The van der Waals surface area contributed by atoms with E-state index in [1.165, 1.54) is 0 Å². The Kier molecular flexibility index (Phi) is 2.65. The minimum Gasteiger partial charge on any atom is -0.381 e. The van der Waals surface area contributed by atoms with Gasteiger partial charge in [-0.05, 0) is 6.92 Å². The molecular formula is C5H8F4O. The summed E-state index contributed by atoms with van der Waals surface area (Å²) in [6.45, 7) is -0.626. The molecule has 0 aliphatic rings. The largest absolute Gasteiger partial charge is 0.416 e. The zero-order chi connectivity index (χ0) is 8.41. The molecule has 0 bridgehead atoms. The maximum Gasteiger partial charge on any atom is 0.416 e. The van der Waals surface area contributed by atoms with Crippen LogP contribution in [-0.2, 0) is 0 Å². The highest BCUT2D eigenvalue weighted by Crippen LogP contribution is 2.32. The molecule has 0 fully saturated rings. The quantitative estimate of drug-likeness (QED) is 0.609. The molecular weight excluding hydrogens is 152 g/mol. The Balaban J connectivity index is 4.10. The van der Waals surface area contributed by atoms with Gasteiger partial charge in [-0.25, -0.2) is 0 Å². The second kappa shape index (κ2) is 2.74. The van der Waals surface area contributed by atoms with Gasteiger partial charge in [0, 0.05) is 6.42 Å². The van der Waals surface area contributed by atoms with Crippen LogP contribution in [0.25, 0.3) is 0 Å². The number of halogens is 4. The van der Waals surface area contributed by atoms with Crippen molar-refractivity contribution in [2.75, 3.05) is 6.67 Å². The Morgan fingerprint density at radius 2 is 1.70 bits per heavy atom. The lowest BCUT2D eigenvalue weighted by molar-refractivity contribution is -0.255. The van der Waals surface area contributed by atoms with Crippen LogP contribution >= 0.6 is 0 Å². The minimum absolute atomic E-state index is 0.548. The first-order valence-electron chi connectivity index (χ1n) is 2.66. The van der Waals surface area contributed by atoms with Gasteiger partial charge in [0.15, 0.2) is 5.60 Å². The van der Waals surface area contributed by atoms with Crippen molar-refractivity contribution in [2.24, 2.45) is 0 Å². The van der Waals surface area contributed by atoms with Crippen LogP contribution in [0.5, 0.6) is 0 Å². The maximum absolute atomic E-state index is 11.6. The van der Waals surface area contributed by atoms with Gasteiger partial charge < -0.3 is 5.11 Å². The summed E-state index contributed by atoms with van der Waals surface area (Å²) in [5.74, 6) is 0. The van der Waals surface area contributed by atoms with Gasteiger partial charge in [-0.1, -0.05) is 0 Å². The predicted octanol–water partition coefficient (Wildman–Crippen LogP) is 1.66. The van der Waals surface area contributed by atoms with E-state index in [0.717, 1.165) is 0 Å². The van der Waals surface area contributed by atoms with Gasteiger partial charge in [-0.15, -0.1) is 0 Å². The summed E-state index contributed by atoms with van der Waals surface area (Å²) in [5.41, 5.74) is -2.89. The van der Waals surface area contributed by atoms with E-state index >= 15 is 0 Å². The number of alkyl halides is 4. The van der Waals surface area contributed by atoms with Gasteiger partial charge in [0.2, 0.25) is 0 Å². The molecule has 1 unspecified atom stereocenters. The Hall–Kier alpha value is -0.320. The summed E-state index contributed by atoms with van der Waals surface area (Å²) in [5, 5.41) is 8.49. The number of hydrogen-bond acceptors (Lipinski definition) is 1. The van der Waals surface area contributed by atoms with Crippen molar-refractivity contribution in [3.05, 3.63) is 0 Å². The average molecular weight is 160 g/mol. The van der Waals surface area contributed by atoms with E-state index in [2.05, 4.69) is 0 Å². The first-order chi connectivity index (χ1) is 4.31. The number of rotatable bonds is 2. The van der Waals surface area contributed by atoms with Crippen molar-refractivity contribution in [1.29, 1.82) is 0 Å². The fraction of sp³-hybridized carbons (Fsp3) is 1.00. The van der Waals surface area contributed by atoms with Crippen molar-refractivity contribution in [2.45, 2.75) is 25.1 Å². The Labute approximate surface area is 55.7 Å². The topological polar surface area (TPSA) is 20.2 Å². The molecule has 0 saturated heterocycles. The summed E-state index contributed by atoms with van der Waals surface area (Å²) in [6.07, 6.45) is -5.64. The standard InChI is InChI=1S/C5H8F4O/c1-4(10,2-3-6)5(7,8)9/h10H,2-3H2,1H3. The van der Waals surface area contributed by atoms with Crippen molar-refractivity contribution >= 4 is 0 Å². The van der Waals surface area contributed by atoms with Gasteiger partial charge in [0.05, 0.1) is 6.67 Å². The third kappa shape index (κ3) is 2.13. The van der Waals surface area contributed by atoms with Crippen LogP contribution in [-0.4, -0.2) is 23.6 Å². The molecule has 0 aromatic heterocycles. The molecule has 1 N–H and O–H groups in total. The fourth-order valence-corrected chi connectivity index (χ4v) is 0.326. The highest BCUT2D eigenvalue weighted by atomic mass is 19.4. The molecule has 0 rings (SSSR count). The van der Waals surface area contributed by atoms with E-state index in [1.807, 2.05) is 0 Å². The lowest BCUT2D eigenvalue weighted by atomic mass is 10.0. The van der Waals surface area contributed by atoms with Gasteiger partial charge in [0.25, 0.3) is 0 Å². The van der Waals surface area contributed by atoms with Gasteiger partial charge in [0.1, 0.15) is 0 Å². The number of hydrogen-bond donors (Lipinski definition) is 1. The third-order valence-electron chi connectivity index (χ3n) is 1.19. The van der Waals surface area contributed by atoms with E-state index in [9.17, 15) is 17.6 Å². The van der Waals surface area contributed by atoms with Crippen LogP contribution < -0.4 is 0 Å². The molecule has 0 aliphatic heterocycles. The molecule has 10 heavy (non-hydrogen) atoms. The molecule has 1 atom stereocenters. The van der Waals surface area contributed by atoms with Crippen molar-refractivity contribution in [3.8, 4) is 0 Å². The molecule has 0 aliphatic carbocycles. The molecule has 1 nitrogen and oxygen atoms in total. The second-order valence-corrected chi connectivity index (χ2v) is 2.21. The zero-order valence-corrected chi connectivity index (χ0v) is 5.37. The highest BCUT2D eigenvalue weighted by Gasteiger charge is 2.49. The van der Waals surface area contributed by atoms with E-state index in [-0.39, 0.29) is 0 Å². The first-order valence-corrected chi connectivity index (χ1v) is 2.66. The molecule has 0 spiro atoms. The Morgan fingerprint density at radius 1 is 1.30 bits per heavy atom.